The van der Waals surface area contributed by atoms with Gasteiger partial charge < -0.3 is 15.4 Å². The van der Waals surface area contributed by atoms with Crippen molar-refractivity contribution >= 4 is 11.8 Å². The highest BCUT2D eigenvalue weighted by Gasteiger charge is 2.41. The van der Waals surface area contributed by atoms with Crippen LogP contribution in [0.2, 0.25) is 0 Å². The third kappa shape index (κ3) is 2.03. The van der Waals surface area contributed by atoms with Crippen molar-refractivity contribution in [3.8, 4) is 5.75 Å². The second-order valence-corrected chi connectivity index (χ2v) is 4.44. The molecule has 1 fully saturated rings. The van der Waals surface area contributed by atoms with Crippen LogP contribution in [0, 0.1) is 5.92 Å². The molecule has 0 saturated carbocycles. The minimum Gasteiger partial charge on any atom is -0.497 e. The fourth-order valence-corrected chi connectivity index (χ4v) is 2.38. The molecule has 0 aromatic heterocycles. The summed E-state index contributed by atoms with van der Waals surface area (Å²) in [4.78, 5) is 24.7. The first-order valence-electron chi connectivity index (χ1n) is 5.73. The number of hydrogen-bond acceptors (Lipinski definition) is 3. The summed E-state index contributed by atoms with van der Waals surface area (Å²) >= 11 is 0. The number of nitrogens with zero attached hydrogens (tertiary/aromatic N) is 1. The zero-order valence-electron chi connectivity index (χ0n) is 10.4. The fraction of sp³-hybridized carbons (Fsp3) is 0.385. The number of amides is 2. The molecule has 18 heavy (non-hydrogen) atoms. The van der Waals surface area contributed by atoms with Gasteiger partial charge in [0.25, 0.3) is 0 Å². The molecule has 1 aliphatic heterocycles. The summed E-state index contributed by atoms with van der Waals surface area (Å²) in [5.41, 5.74) is 6.26. The third-order valence-corrected chi connectivity index (χ3v) is 3.41. The number of rotatable bonds is 3. The molecule has 2 N–H and O–H groups in total. The molecule has 1 saturated heterocycles. The van der Waals surface area contributed by atoms with Crippen molar-refractivity contribution in [2.75, 3.05) is 14.2 Å². The lowest BCUT2D eigenvalue weighted by Crippen LogP contribution is -2.30. The summed E-state index contributed by atoms with van der Waals surface area (Å²) < 4.78 is 5.08. The number of nitrogens with two attached hydrogens (primary N) is 1. The molecule has 5 nitrogen and oxygen atoms in total. The first-order chi connectivity index (χ1) is 8.54. The Labute approximate surface area is 106 Å². The Hall–Kier alpha value is -2.04. The monoisotopic (exact) mass is 248 g/mol. The van der Waals surface area contributed by atoms with E-state index in [1.165, 1.54) is 0 Å². The number of ether oxygens (including phenoxy) is 1. The van der Waals surface area contributed by atoms with E-state index in [2.05, 4.69) is 0 Å². The van der Waals surface area contributed by atoms with Gasteiger partial charge in [0, 0.05) is 13.5 Å². The van der Waals surface area contributed by atoms with Crippen LogP contribution in [0.1, 0.15) is 18.0 Å². The van der Waals surface area contributed by atoms with Gasteiger partial charge in [0.15, 0.2) is 0 Å². The number of methoxy groups -OCH3 is 1. The van der Waals surface area contributed by atoms with Crippen molar-refractivity contribution < 1.29 is 14.3 Å². The Morgan fingerprint density at radius 3 is 2.50 bits per heavy atom. The largest absolute Gasteiger partial charge is 0.497 e. The van der Waals surface area contributed by atoms with Crippen LogP contribution in [-0.4, -0.2) is 30.9 Å². The summed E-state index contributed by atoms with van der Waals surface area (Å²) in [6, 6.07) is 7.05. The van der Waals surface area contributed by atoms with Crippen molar-refractivity contribution in [3.05, 3.63) is 29.8 Å². The second kappa shape index (κ2) is 4.68. The zero-order valence-corrected chi connectivity index (χ0v) is 10.4. The maximum Gasteiger partial charge on any atom is 0.223 e. The molecule has 5 heteroatoms. The third-order valence-electron chi connectivity index (χ3n) is 3.41. The normalized spacial score (nSPS) is 23.2. The van der Waals surface area contributed by atoms with Crippen molar-refractivity contribution in [1.29, 1.82) is 0 Å². The molecule has 0 aliphatic carbocycles. The predicted octanol–water partition coefficient (Wildman–Crippen LogP) is 0.700. The number of carbonyl (C=O) groups excluding carboxylic acids is 2. The number of primary amides is 1. The highest BCUT2D eigenvalue weighted by Crippen LogP contribution is 2.37. The van der Waals surface area contributed by atoms with Crippen molar-refractivity contribution in [3.63, 3.8) is 0 Å². The van der Waals surface area contributed by atoms with E-state index in [-0.39, 0.29) is 18.4 Å². The molecule has 2 amide bonds. The van der Waals surface area contributed by atoms with E-state index < -0.39 is 11.8 Å². The predicted molar refractivity (Wildman–Crippen MR) is 65.8 cm³/mol. The van der Waals surface area contributed by atoms with Crippen LogP contribution in [0.4, 0.5) is 0 Å². The summed E-state index contributed by atoms with van der Waals surface area (Å²) in [6.07, 6.45) is 0.183. The van der Waals surface area contributed by atoms with E-state index in [1.807, 2.05) is 24.3 Å². The molecular weight excluding hydrogens is 232 g/mol. The first kappa shape index (κ1) is 12.4. The van der Waals surface area contributed by atoms with Crippen LogP contribution in [0.15, 0.2) is 24.3 Å². The van der Waals surface area contributed by atoms with Crippen LogP contribution in [0.5, 0.6) is 5.75 Å². The number of likely N-dealkylation sites (tertiary alicyclic amines) is 1. The lowest BCUT2D eigenvalue weighted by atomic mass is 9.93. The lowest BCUT2D eigenvalue weighted by Gasteiger charge is -2.23. The van der Waals surface area contributed by atoms with Gasteiger partial charge >= 0.3 is 0 Å². The topological polar surface area (TPSA) is 72.6 Å². The van der Waals surface area contributed by atoms with Crippen molar-refractivity contribution in [1.82, 2.24) is 4.90 Å². The fourth-order valence-electron chi connectivity index (χ4n) is 2.38. The molecule has 2 rings (SSSR count). The maximum atomic E-state index is 11.7. The van der Waals surface area contributed by atoms with Gasteiger partial charge in [0.2, 0.25) is 11.8 Å². The molecule has 96 valence electrons. The highest BCUT2D eigenvalue weighted by molar-refractivity contribution is 5.89. The van der Waals surface area contributed by atoms with Crippen LogP contribution in [0.3, 0.4) is 0 Å². The van der Waals surface area contributed by atoms with Crippen molar-refractivity contribution in [2.45, 2.75) is 12.5 Å². The van der Waals surface area contributed by atoms with Crippen molar-refractivity contribution in [2.24, 2.45) is 11.7 Å². The standard InChI is InChI=1S/C13H16N2O3/c1-15-11(16)7-10(13(14)17)12(15)8-3-5-9(18-2)6-4-8/h3-6,10,12H,7H2,1-2H3,(H2,14,17)/t10-,12+/m0/s1. The molecule has 1 heterocycles. The summed E-state index contributed by atoms with van der Waals surface area (Å²) in [6.45, 7) is 0. The molecule has 1 aromatic carbocycles. The Balaban J connectivity index is 2.33. The van der Waals surface area contributed by atoms with E-state index >= 15 is 0 Å². The molecule has 0 unspecified atom stereocenters. The molecule has 1 aliphatic rings. The van der Waals surface area contributed by atoms with E-state index in [0.29, 0.717) is 0 Å². The van der Waals surface area contributed by atoms with E-state index in [9.17, 15) is 9.59 Å². The number of benzene rings is 1. The molecule has 0 bridgehead atoms. The molecule has 2 atom stereocenters. The van der Waals surface area contributed by atoms with Gasteiger partial charge in [-0.15, -0.1) is 0 Å². The number of hydrogen-bond donors (Lipinski definition) is 1. The average Bonchev–Trinajstić information content (AvgIpc) is 2.66. The Bertz CT molecular complexity index is 470. The summed E-state index contributed by atoms with van der Waals surface area (Å²) in [7, 11) is 3.28. The molecule has 0 radical (unpaired) electrons. The minimum atomic E-state index is -0.462. The van der Waals surface area contributed by atoms with Crippen LogP contribution in [0.25, 0.3) is 0 Å². The second-order valence-electron chi connectivity index (χ2n) is 4.44. The zero-order chi connectivity index (χ0) is 13.3. The first-order valence-corrected chi connectivity index (χ1v) is 5.73. The smallest absolute Gasteiger partial charge is 0.223 e. The molecule has 0 spiro atoms. The molecule has 1 aromatic rings. The molecular formula is C13H16N2O3. The summed E-state index contributed by atoms with van der Waals surface area (Å²) in [5, 5.41) is 0. The highest BCUT2D eigenvalue weighted by atomic mass is 16.5. The summed E-state index contributed by atoms with van der Waals surface area (Å²) in [5.74, 6) is -0.217. The van der Waals surface area contributed by atoms with Crippen LogP contribution in [-0.2, 0) is 9.59 Å². The van der Waals surface area contributed by atoms with E-state index in [0.717, 1.165) is 11.3 Å². The van der Waals surface area contributed by atoms with Gasteiger partial charge in [-0.3, -0.25) is 9.59 Å². The van der Waals surface area contributed by atoms with Gasteiger partial charge in [-0.2, -0.15) is 0 Å². The van der Waals surface area contributed by atoms with Gasteiger partial charge in [-0.05, 0) is 17.7 Å². The average molecular weight is 248 g/mol. The van der Waals surface area contributed by atoms with Crippen LogP contribution < -0.4 is 10.5 Å². The maximum absolute atomic E-state index is 11.7. The quantitative estimate of drug-likeness (QED) is 0.855. The van der Waals surface area contributed by atoms with Gasteiger partial charge in [0.1, 0.15) is 5.75 Å². The Morgan fingerprint density at radius 1 is 1.39 bits per heavy atom. The van der Waals surface area contributed by atoms with Gasteiger partial charge in [-0.1, -0.05) is 12.1 Å². The minimum absolute atomic E-state index is 0.0559. The van der Waals surface area contributed by atoms with E-state index in [1.54, 1.807) is 19.1 Å². The Morgan fingerprint density at radius 2 is 2.00 bits per heavy atom. The van der Waals surface area contributed by atoms with E-state index in [4.69, 9.17) is 10.5 Å². The van der Waals surface area contributed by atoms with Crippen LogP contribution >= 0.6 is 0 Å². The van der Waals surface area contributed by atoms with Gasteiger partial charge in [-0.25, -0.2) is 0 Å². The lowest BCUT2D eigenvalue weighted by molar-refractivity contribution is -0.128. The SMILES string of the molecule is COc1ccc([C@@H]2[C@@H](C(N)=O)CC(=O)N2C)cc1. The Kier molecular flexibility index (Phi) is 3.23. The number of carbonyl (C=O) groups is 2. The van der Waals surface area contributed by atoms with Gasteiger partial charge in [0.05, 0.1) is 19.1 Å².